The number of likely N-dealkylation sites (tertiary alicyclic amines) is 1. The second-order valence-electron chi connectivity index (χ2n) is 8.49. The highest BCUT2D eigenvalue weighted by Crippen LogP contribution is 2.41. The lowest BCUT2D eigenvalue weighted by atomic mass is 9.86. The van der Waals surface area contributed by atoms with Crippen LogP contribution in [0.2, 0.25) is 0 Å². The number of fused-ring (bicyclic) bond motifs is 1. The SMILES string of the molecule is CC1CCN(C(=O)CN(C)S(=O)(=O)c2ccc3c(c2)C(C)(C)C(=O)N3C)CC1. The minimum atomic E-state index is -3.83. The molecular weight excluding hydrogens is 378 g/mol. The van der Waals surface area contributed by atoms with Crippen LogP contribution in [-0.4, -0.2) is 63.2 Å². The van der Waals surface area contributed by atoms with E-state index < -0.39 is 15.4 Å². The normalized spacial score (nSPS) is 20.0. The van der Waals surface area contributed by atoms with Crippen LogP contribution in [0.15, 0.2) is 23.1 Å². The Kier molecular flexibility index (Phi) is 5.31. The molecule has 0 aliphatic carbocycles. The Morgan fingerprint density at radius 3 is 2.46 bits per heavy atom. The molecule has 0 aromatic heterocycles. The Labute approximate surface area is 167 Å². The molecule has 1 fully saturated rings. The third-order valence-electron chi connectivity index (χ3n) is 6.04. The molecule has 2 aliphatic heterocycles. The van der Waals surface area contributed by atoms with Gasteiger partial charge in [0.25, 0.3) is 0 Å². The number of carbonyl (C=O) groups is 2. The van der Waals surface area contributed by atoms with E-state index >= 15 is 0 Å². The first kappa shape index (κ1) is 20.8. The molecule has 1 aromatic carbocycles. The first-order valence-electron chi connectivity index (χ1n) is 9.63. The van der Waals surface area contributed by atoms with Gasteiger partial charge in [0.1, 0.15) is 0 Å². The summed E-state index contributed by atoms with van der Waals surface area (Å²) in [5, 5.41) is 0. The van der Waals surface area contributed by atoms with Crippen LogP contribution in [0.1, 0.15) is 39.2 Å². The van der Waals surface area contributed by atoms with Gasteiger partial charge in [0.05, 0.1) is 16.9 Å². The molecule has 0 saturated carbocycles. The van der Waals surface area contributed by atoms with E-state index in [1.54, 1.807) is 42.8 Å². The average molecular weight is 408 g/mol. The van der Waals surface area contributed by atoms with Gasteiger partial charge in [0.15, 0.2) is 0 Å². The standard InChI is InChI=1S/C20H29N3O4S/c1-14-8-10-23(11-9-14)18(24)13-21(4)28(26,27)15-6-7-17-16(12-15)20(2,3)19(25)22(17)5/h6-7,12,14H,8-11,13H2,1-5H3. The van der Waals surface area contributed by atoms with E-state index in [0.717, 1.165) is 22.8 Å². The summed E-state index contributed by atoms with van der Waals surface area (Å²) >= 11 is 0. The summed E-state index contributed by atoms with van der Waals surface area (Å²) in [7, 11) is -0.719. The Morgan fingerprint density at radius 1 is 1.25 bits per heavy atom. The van der Waals surface area contributed by atoms with Gasteiger partial charge >= 0.3 is 0 Å². The van der Waals surface area contributed by atoms with E-state index in [4.69, 9.17) is 0 Å². The Morgan fingerprint density at radius 2 is 1.86 bits per heavy atom. The monoisotopic (exact) mass is 407 g/mol. The minimum absolute atomic E-state index is 0.0695. The number of carbonyl (C=O) groups excluding carboxylic acids is 2. The number of rotatable bonds is 4. The molecule has 0 radical (unpaired) electrons. The van der Waals surface area contributed by atoms with E-state index in [1.165, 1.54) is 13.1 Å². The predicted octanol–water partition coefficient (Wildman–Crippen LogP) is 1.82. The molecule has 3 rings (SSSR count). The maximum Gasteiger partial charge on any atom is 0.243 e. The van der Waals surface area contributed by atoms with Crippen molar-refractivity contribution in [3.05, 3.63) is 23.8 Å². The summed E-state index contributed by atoms with van der Waals surface area (Å²) in [4.78, 5) is 28.4. The largest absolute Gasteiger partial charge is 0.342 e. The Hall–Kier alpha value is -1.93. The lowest BCUT2D eigenvalue weighted by molar-refractivity contribution is -0.132. The van der Waals surface area contributed by atoms with Crippen molar-refractivity contribution in [3.8, 4) is 0 Å². The van der Waals surface area contributed by atoms with E-state index in [0.29, 0.717) is 24.6 Å². The lowest BCUT2D eigenvalue weighted by Crippen LogP contribution is -2.44. The molecule has 1 saturated heterocycles. The number of sulfonamides is 1. The highest BCUT2D eigenvalue weighted by Gasteiger charge is 2.43. The van der Waals surface area contributed by atoms with Gasteiger partial charge in [-0.3, -0.25) is 9.59 Å². The Bertz CT molecular complexity index is 902. The summed E-state index contributed by atoms with van der Waals surface area (Å²) in [5.74, 6) is 0.357. The number of likely N-dealkylation sites (N-methyl/N-ethyl adjacent to an activating group) is 2. The zero-order valence-electron chi connectivity index (χ0n) is 17.2. The number of nitrogens with zero attached hydrogens (tertiary/aromatic N) is 3. The second kappa shape index (κ2) is 7.15. The lowest BCUT2D eigenvalue weighted by Gasteiger charge is -2.31. The number of amides is 2. The molecule has 0 atom stereocenters. The fourth-order valence-corrected chi connectivity index (χ4v) is 5.07. The molecule has 28 heavy (non-hydrogen) atoms. The topological polar surface area (TPSA) is 78.0 Å². The Balaban J connectivity index is 1.81. The number of piperidine rings is 1. The van der Waals surface area contributed by atoms with Crippen molar-refractivity contribution in [2.45, 2.75) is 43.9 Å². The van der Waals surface area contributed by atoms with Gasteiger partial charge < -0.3 is 9.80 Å². The first-order chi connectivity index (χ1) is 13.0. The van der Waals surface area contributed by atoms with Gasteiger partial charge in [-0.15, -0.1) is 0 Å². The summed E-state index contributed by atoms with van der Waals surface area (Å²) in [6.07, 6.45) is 1.90. The van der Waals surface area contributed by atoms with Crippen LogP contribution in [0, 0.1) is 5.92 Å². The van der Waals surface area contributed by atoms with Crippen molar-refractivity contribution in [2.24, 2.45) is 5.92 Å². The molecule has 2 amide bonds. The third kappa shape index (κ3) is 3.43. The fraction of sp³-hybridized carbons (Fsp3) is 0.600. The van der Waals surface area contributed by atoms with Gasteiger partial charge in [0, 0.05) is 32.9 Å². The summed E-state index contributed by atoms with van der Waals surface area (Å²) in [6.45, 7) is 6.91. The van der Waals surface area contributed by atoms with Crippen LogP contribution in [0.25, 0.3) is 0 Å². The van der Waals surface area contributed by atoms with Crippen LogP contribution in [-0.2, 0) is 25.0 Å². The number of hydrogen-bond donors (Lipinski definition) is 0. The maximum atomic E-state index is 13.0. The van der Waals surface area contributed by atoms with Crippen molar-refractivity contribution in [1.82, 2.24) is 9.21 Å². The van der Waals surface area contributed by atoms with Crippen LogP contribution >= 0.6 is 0 Å². The fourth-order valence-electron chi connectivity index (χ4n) is 3.93. The predicted molar refractivity (Wildman–Crippen MR) is 108 cm³/mol. The molecule has 0 N–H and O–H groups in total. The van der Waals surface area contributed by atoms with Gasteiger partial charge in [0.2, 0.25) is 21.8 Å². The van der Waals surface area contributed by atoms with Crippen molar-refractivity contribution in [2.75, 3.05) is 38.6 Å². The molecule has 0 unspecified atom stereocenters. The molecule has 154 valence electrons. The summed E-state index contributed by atoms with van der Waals surface area (Å²) in [5.41, 5.74) is 0.620. The van der Waals surface area contributed by atoms with Gasteiger partial charge in [-0.1, -0.05) is 6.92 Å². The zero-order chi connectivity index (χ0) is 20.9. The van der Waals surface area contributed by atoms with Crippen molar-refractivity contribution < 1.29 is 18.0 Å². The summed E-state index contributed by atoms with van der Waals surface area (Å²) in [6, 6.07) is 4.73. The first-order valence-corrected chi connectivity index (χ1v) is 11.1. The van der Waals surface area contributed by atoms with E-state index in [1.807, 2.05) is 0 Å². The molecule has 1 aromatic rings. The molecule has 0 spiro atoms. The number of anilines is 1. The van der Waals surface area contributed by atoms with E-state index in [9.17, 15) is 18.0 Å². The molecule has 2 aliphatic rings. The van der Waals surface area contributed by atoms with Crippen molar-refractivity contribution >= 4 is 27.5 Å². The number of benzene rings is 1. The third-order valence-corrected chi connectivity index (χ3v) is 7.84. The van der Waals surface area contributed by atoms with Gasteiger partial charge in [-0.25, -0.2) is 8.42 Å². The van der Waals surface area contributed by atoms with Crippen LogP contribution in [0.3, 0.4) is 0 Å². The zero-order valence-corrected chi connectivity index (χ0v) is 18.0. The number of hydrogen-bond acceptors (Lipinski definition) is 4. The molecular formula is C20H29N3O4S. The summed E-state index contributed by atoms with van der Waals surface area (Å²) < 4.78 is 27.2. The van der Waals surface area contributed by atoms with E-state index in [2.05, 4.69) is 6.92 Å². The van der Waals surface area contributed by atoms with Crippen LogP contribution in [0.4, 0.5) is 5.69 Å². The van der Waals surface area contributed by atoms with Crippen molar-refractivity contribution in [1.29, 1.82) is 0 Å². The van der Waals surface area contributed by atoms with E-state index in [-0.39, 0.29) is 23.3 Å². The van der Waals surface area contributed by atoms with Gasteiger partial charge in [-0.05, 0) is 56.4 Å². The maximum absolute atomic E-state index is 13.0. The highest BCUT2D eigenvalue weighted by atomic mass is 32.2. The second-order valence-corrected chi connectivity index (χ2v) is 10.5. The molecule has 2 heterocycles. The van der Waals surface area contributed by atoms with Crippen LogP contribution in [0.5, 0.6) is 0 Å². The smallest absolute Gasteiger partial charge is 0.243 e. The van der Waals surface area contributed by atoms with Crippen molar-refractivity contribution in [3.63, 3.8) is 0 Å². The quantitative estimate of drug-likeness (QED) is 0.763. The molecule has 7 nitrogen and oxygen atoms in total. The molecule has 0 bridgehead atoms. The van der Waals surface area contributed by atoms with Crippen LogP contribution < -0.4 is 4.90 Å². The minimum Gasteiger partial charge on any atom is -0.342 e. The van der Waals surface area contributed by atoms with Gasteiger partial charge in [-0.2, -0.15) is 4.31 Å². The molecule has 8 heteroatoms. The highest BCUT2D eigenvalue weighted by molar-refractivity contribution is 7.89. The average Bonchev–Trinajstić information content (AvgIpc) is 2.82.